The van der Waals surface area contributed by atoms with Crippen LogP contribution in [-0.2, 0) is 0 Å². The Morgan fingerprint density at radius 1 is 1.16 bits per heavy atom. The lowest BCUT2D eigenvalue weighted by Crippen LogP contribution is -2.24. The van der Waals surface area contributed by atoms with Crippen LogP contribution in [0.1, 0.15) is 47.4 Å². The van der Waals surface area contributed by atoms with Gasteiger partial charge < -0.3 is 5.32 Å². The Kier molecular flexibility index (Phi) is 3.88. The lowest BCUT2D eigenvalue weighted by Gasteiger charge is -2.08. The number of carbonyl (C=O) groups excluding carboxylic acids is 2. The Balaban J connectivity index is 2.03. The maximum atomic E-state index is 11.9. The number of nitrogens with zero attached hydrogens (tertiary/aromatic N) is 1. The van der Waals surface area contributed by atoms with E-state index >= 15 is 0 Å². The molecule has 2 rings (SSSR count). The summed E-state index contributed by atoms with van der Waals surface area (Å²) in [5.41, 5.74) is 1.90. The van der Waals surface area contributed by atoms with E-state index in [0.717, 1.165) is 23.6 Å². The molecule has 0 unspecified atom stereocenters. The Bertz CT molecular complexity index is 509. The van der Waals surface area contributed by atoms with Crippen LogP contribution >= 0.6 is 0 Å². The first-order chi connectivity index (χ1) is 9.00. The van der Waals surface area contributed by atoms with Crippen LogP contribution in [0, 0.1) is 5.92 Å². The van der Waals surface area contributed by atoms with Crippen molar-refractivity contribution in [2.45, 2.75) is 26.7 Å². The van der Waals surface area contributed by atoms with Gasteiger partial charge in [0, 0.05) is 19.3 Å². The van der Waals surface area contributed by atoms with Gasteiger partial charge in [0.1, 0.15) is 0 Å². The molecule has 1 aromatic carbocycles. The first kappa shape index (κ1) is 13.6. The van der Waals surface area contributed by atoms with Gasteiger partial charge in [-0.3, -0.25) is 14.5 Å². The van der Waals surface area contributed by atoms with Crippen molar-refractivity contribution in [1.29, 1.82) is 0 Å². The second-order valence-corrected chi connectivity index (χ2v) is 5.39. The SMILES string of the molecule is CC(C)CCCNc1ccc2c(c1)C(=O)N(C)C2=O. The Labute approximate surface area is 113 Å². The number of carbonyl (C=O) groups is 2. The Morgan fingerprint density at radius 2 is 1.84 bits per heavy atom. The van der Waals surface area contributed by atoms with Gasteiger partial charge in [0.2, 0.25) is 0 Å². The van der Waals surface area contributed by atoms with Crippen molar-refractivity contribution >= 4 is 17.5 Å². The highest BCUT2D eigenvalue weighted by atomic mass is 16.2. The molecular weight excluding hydrogens is 240 g/mol. The predicted octanol–water partition coefficient (Wildman–Crippen LogP) is 2.76. The summed E-state index contributed by atoms with van der Waals surface area (Å²) in [4.78, 5) is 24.8. The number of nitrogens with one attached hydrogen (secondary N) is 1. The zero-order chi connectivity index (χ0) is 14.0. The first-order valence-electron chi connectivity index (χ1n) is 6.71. The van der Waals surface area contributed by atoms with Gasteiger partial charge >= 0.3 is 0 Å². The van der Waals surface area contributed by atoms with Gasteiger partial charge in [-0.2, -0.15) is 0 Å². The summed E-state index contributed by atoms with van der Waals surface area (Å²) < 4.78 is 0. The average molecular weight is 260 g/mol. The van der Waals surface area contributed by atoms with Gasteiger partial charge in [-0.05, 0) is 37.0 Å². The van der Waals surface area contributed by atoms with Gasteiger partial charge in [0.25, 0.3) is 11.8 Å². The van der Waals surface area contributed by atoms with Crippen molar-refractivity contribution in [2.24, 2.45) is 5.92 Å². The van der Waals surface area contributed by atoms with Crippen LogP contribution in [0.15, 0.2) is 18.2 Å². The van der Waals surface area contributed by atoms with Gasteiger partial charge in [0.05, 0.1) is 11.1 Å². The van der Waals surface area contributed by atoms with Crippen molar-refractivity contribution in [3.05, 3.63) is 29.3 Å². The zero-order valence-electron chi connectivity index (χ0n) is 11.7. The molecule has 0 spiro atoms. The van der Waals surface area contributed by atoms with E-state index in [0.29, 0.717) is 17.0 Å². The van der Waals surface area contributed by atoms with E-state index in [1.807, 2.05) is 6.07 Å². The fourth-order valence-electron chi connectivity index (χ4n) is 2.21. The number of amides is 2. The first-order valence-corrected chi connectivity index (χ1v) is 6.71. The fourth-order valence-corrected chi connectivity index (χ4v) is 2.21. The van der Waals surface area contributed by atoms with Crippen molar-refractivity contribution < 1.29 is 9.59 Å². The van der Waals surface area contributed by atoms with Crippen molar-refractivity contribution in [2.75, 3.05) is 18.9 Å². The molecule has 1 heterocycles. The van der Waals surface area contributed by atoms with E-state index in [2.05, 4.69) is 19.2 Å². The maximum Gasteiger partial charge on any atom is 0.261 e. The molecule has 0 bridgehead atoms. The smallest absolute Gasteiger partial charge is 0.261 e. The molecule has 0 aromatic heterocycles. The number of benzene rings is 1. The van der Waals surface area contributed by atoms with Crippen LogP contribution in [0.5, 0.6) is 0 Å². The van der Waals surface area contributed by atoms with E-state index < -0.39 is 0 Å². The Hall–Kier alpha value is -1.84. The zero-order valence-corrected chi connectivity index (χ0v) is 11.7. The number of rotatable bonds is 5. The van der Waals surface area contributed by atoms with Gasteiger partial charge in [0.15, 0.2) is 0 Å². The largest absolute Gasteiger partial charge is 0.385 e. The fraction of sp³-hybridized carbons (Fsp3) is 0.467. The molecule has 19 heavy (non-hydrogen) atoms. The molecule has 0 radical (unpaired) electrons. The second kappa shape index (κ2) is 5.43. The highest BCUT2D eigenvalue weighted by molar-refractivity contribution is 6.21. The molecule has 0 aliphatic carbocycles. The molecule has 0 atom stereocenters. The monoisotopic (exact) mass is 260 g/mol. The van der Waals surface area contributed by atoms with E-state index in [4.69, 9.17) is 0 Å². The standard InChI is InChI=1S/C15H20N2O2/c1-10(2)5-4-8-16-11-6-7-12-13(9-11)15(19)17(3)14(12)18/h6-7,9-10,16H,4-5,8H2,1-3H3. The molecule has 4 nitrogen and oxygen atoms in total. The number of anilines is 1. The van der Waals surface area contributed by atoms with Crippen LogP contribution in [-0.4, -0.2) is 30.3 Å². The van der Waals surface area contributed by atoms with Crippen LogP contribution in [0.2, 0.25) is 0 Å². The maximum absolute atomic E-state index is 11.9. The van der Waals surface area contributed by atoms with Crippen LogP contribution in [0.25, 0.3) is 0 Å². The quantitative estimate of drug-likeness (QED) is 0.654. The third kappa shape index (κ3) is 2.78. The van der Waals surface area contributed by atoms with E-state index in [1.165, 1.54) is 13.5 Å². The van der Waals surface area contributed by atoms with Gasteiger partial charge in [-0.25, -0.2) is 0 Å². The van der Waals surface area contributed by atoms with Gasteiger partial charge in [-0.15, -0.1) is 0 Å². The third-order valence-electron chi connectivity index (χ3n) is 3.38. The lowest BCUT2D eigenvalue weighted by molar-refractivity contribution is 0.0693. The van der Waals surface area contributed by atoms with E-state index in [-0.39, 0.29) is 11.8 Å². The lowest BCUT2D eigenvalue weighted by atomic mass is 10.1. The number of hydrogen-bond donors (Lipinski definition) is 1. The molecule has 1 N–H and O–H groups in total. The summed E-state index contributed by atoms with van der Waals surface area (Å²) in [6.45, 7) is 5.29. The van der Waals surface area contributed by atoms with Crippen LogP contribution in [0.4, 0.5) is 5.69 Å². The molecule has 2 amide bonds. The summed E-state index contributed by atoms with van der Waals surface area (Å²) in [5, 5.41) is 3.30. The molecular formula is C15H20N2O2. The number of hydrogen-bond acceptors (Lipinski definition) is 3. The molecule has 1 aromatic rings. The highest BCUT2D eigenvalue weighted by Crippen LogP contribution is 2.24. The third-order valence-corrected chi connectivity index (χ3v) is 3.38. The summed E-state index contributed by atoms with van der Waals surface area (Å²) in [6, 6.07) is 5.36. The summed E-state index contributed by atoms with van der Waals surface area (Å²) in [5.74, 6) is 0.270. The summed E-state index contributed by atoms with van der Waals surface area (Å²) in [7, 11) is 1.51. The minimum Gasteiger partial charge on any atom is -0.385 e. The number of imide groups is 1. The van der Waals surface area contributed by atoms with Crippen molar-refractivity contribution in [1.82, 2.24) is 4.90 Å². The second-order valence-electron chi connectivity index (χ2n) is 5.39. The molecule has 0 fully saturated rings. The normalized spacial score (nSPS) is 14.2. The van der Waals surface area contributed by atoms with E-state index in [9.17, 15) is 9.59 Å². The van der Waals surface area contributed by atoms with Crippen LogP contribution in [0.3, 0.4) is 0 Å². The van der Waals surface area contributed by atoms with Crippen LogP contribution < -0.4 is 5.32 Å². The van der Waals surface area contributed by atoms with Crippen molar-refractivity contribution in [3.63, 3.8) is 0 Å². The molecule has 1 aliphatic rings. The average Bonchev–Trinajstić information content (AvgIpc) is 2.60. The summed E-state index contributed by atoms with van der Waals surface area (Å²) >= 11 is 0. The van der Waals surface area contributed by atoms with Crippen molar-refractivity contribution in [3.8, 4) is 0 Å². The molecule has 1 aliphatic heterocycles. The molecule has 0 saturated heterocycles. The van der Waals surface area contributed by atoms with Gasteiger partial charge in [-0.1, -0.05) is 13.8 Å². The number of fused-ring (bicyclic) bond motifs is 1. The minimum atomic E-state index is -0.217. The summed E-state index contributed by atoms with van der Waals surface area (Å²) in [6.07, 6.45) is 2.28. The molecule has 4 heteroatoms. The Morgan fingerprint density at radius 3 is 2.53 bits per heavy atom. The highest BCUT2D eigenvalue weighted by Gasteiger charge is 2.32. The predicted molar refractivity (Wildman–Crippen MR) is 75.4 cm³/mol. The van der Waals surface area contributed by atoms with E-state index in [1.54, 1.807) is 12.1 Å². The topological polar surface area (TPSA) is 49.4 Å². The molecule has 102 valence electrons. The molecule has 0 saturated carbocycles. The minimum absolute atomic E-state index is 0.216.